The molecule has 4 heteroatoms. The van der Waals surface area contributed by atoms with Crippen LogP contribution in [0.3, 0.4) is 0 Å². The molecule has 46 heavy (non-hydrogen) atoms. The van der Waals surface area contributed by atoms with Gasteiger partial charge in [0, 0.05) is 5.92 Å². The van der Waals surface area contributed by atoms with Gasteiger partial charge in [0.15, 0.2) is 0 Å². The van der Waals surface area contributed by atoms with E-state index in [1.54, 1.807) is 0 Å². The van der Waals surface area contributed by atoms with Crippen LogP contribution < -0.4 is 5.73 Å². The second-order valence-electron chi connectivity index (χ2n) is 13.5. The normalized spacial score (nSPS) is 13.5. The zero-order chi connectivity index (χ0) is 33.8. The molecule has 2 atom stereocenters. The maximum atomic E-state index is 12.0. The zero-order valence-corrected chi connectivity index (χ0v) is 30.4. The van der Waals surface area contributed by atoms with Gasteiger partial charge >= 0.3 is 5.97 Å². The molecule has 0 spiro atoms. The number of allylic oxidation sites excluding steroid dienone is 8. The summed E-state index contributed by atoms with van der Waals surface area (Å²) in [6.45, 7) is 4.48. The summed E-state index contributed by atoms with van der Waals surface area (Å²) in [5.74, 6) is -1.02. The first-order valence-electron chi connectivity index (χ1n) is 19.6. The van der Waals surface area contributed by atoms with Crippen LogP contribution in [0.4, 0.5) is 0 Å². The summed E-state index contributed by atoms with van der Waals surface area (Å²) in [6.07, 6.45) is 49.5. The molecule has 266 valence electrons. The van der Waals surface area contributed by atoms with Gasteiger partial charge in [-0.15, -0.1) is 0 Å². The van der Waals surface area contributed by atoms with Crippen LogP contribution in [0.1, 0.15) is 194 Å². The fraction of sp³-hybridized carbons (Fsp3) is 0.762. The Labute approximate surface area is 285 Å². The number of aliphatic carboxylic acids is 1. The first-order chi connectivity index (χ1) is 22.5. The Hall–Kier alpha value is -2.10. The van der Waals surface area contributed by atoms with Gasteiger partial charge in [-0.2, -0.15) is 0 Å². The lowest BCUT2D eigenvalue weighted by Gasteiger charge is -2.14. The summed E-state index contributed by atoms with van der Waals surface area (Å²) in [6, 6.07) is 0. The lowest BCUT2D eigenvalue weighted by molar-refractivity contribution is -0.142. The third kappa shape index (κ3) is 31.9. The van der Waals surface area contributed by atoms with E-state index in [0.29, 0.717) is 0 Å². The Morgan fingerprint density at radius 2 is 0.761 bits per heavy atom. The number of unbranched alkanes of at least 4 members (excludes halogenated alkanes) is 17. The van der Waals surface area contributed by atoms with Crippen LogP contribution in [0, 0.1) is 11.8 Å². The van der Waals surface area contributed by atoms with Crippen molar-refractivity contribution in [2.24, 2.45) is 17.6 Å². The molecular weight excluding hydrogens is 566 g/mol. The minimum atomic E-state index is -0.638. The Balaban J connectivity index is 3.81. The van der Waals surface area contributed by atoms with E-state index in [4.69, 9.17) is 5.73 Å². The van der Waals surface area contributed by atoms with Crippen molar-refractivity contribution in [3.63, 3.8) is 0 Å². The van der Waals surface area contributed by atoms with Crippen LogP contribution in [0.5, 0.6) is 0 Å². The molecule has 0 heterocycles. The minimum absolute atomic E-state index is 0.0107. The quantitative estimate of drug-likeness (QED) is 0.0533. The smallest absolute Gasteiger partial charge is 0.306 e. The molecule has 3 N–H and O–H groups in total. The van der Waals surface area contributed by atoms with E-state index in [1.807, 2.05) is 0 Å². The van der Waals surface area contributed by atoms with Crippen molar-refractivity contribution >= 4 is 11.9 Å². The van der Waals surface area contributed by atoms with E-state index in [1.165, 1.54) is 83.5 Å². The largest absolute Gasteiger partial charge is 0.481 e. The van der Waals surface area contributed by atoms with Crippen molar-refractivity contribution in [1.82, 2.24) is 0 Å². The van der Waals surface area contributed by atoms with E-state index in [2.05, 4.69) is 62.5 Å². The number of rotatable bonds is 35. The minimum Gasteiger partial charge on any atom is -0.481 e. The van der Waals surface area contributed by atoms with Crippen LogP contribution in [-0.4, -0.2) is 17.0 Å². The van der Waals surface area contributed by atoms with Gasteiger partial charge in [-0.25, -0.2) is 0 Å². The highest BCUT2D eigenvalue weighted by molar-refractivity contribution is 5.76. The number of carboxylic acid groups (broad SMARTS) is 1. The predicted octanol–water partition coefficient (Wildman–Crippen LogP) is 13.0. The molecule has 0 saturated heterocycles. The molecule has 0 radical (unpaired) electrons. The summed E-state index contributed by atoms with van der Waals surface area (Å²) in [5, 5.41) is 9.67. The molecule has 4 nitrogen and oxygen atoms in total. The van der Waals surface area contributed by atoms with Gasteiger partial charge in [0.05, 0.1) is 5.92 Å². The topological polar surface area (TPSA) is 80.4 Å². The monoisotopic (exact) mass is 642 g/mol. The van der Waals surface area contributed by atoms with Gasteiger partial charge in [0.25, 0.3) is 0 Å². The second-order valence-corrected chi connectivity index (χ2v) is 13.5. The van der Waals surface area contributed by atoms with Crippen LogP contribution in [0.25, 0.3) is 0 Å². The Morgan fingerprint density at radius 3 is 1.07 bits per heavy atom. The van der Waals surface area contributed by atoms with E-state index < -0.39 is 5.97 Å². The average molecular weight is 642 g/mol. The van der Waals surface area contributed by atoms with E-state index in [0.717, 1.165) is 96.3 Å². The highest BCUT2D eigenvalue weighted by atomic mass is 16.4. The number of primary amides is 1. The Kier molecular flexibility index (Phi) is 34.1. The average Bonchev–Trinajstić information content (AvgIpc) is 3.04. The van der Waals surface area contributed by atoms with Crippen molar-refractivity contribution in [3.8, 4) is 0 Å². The van der Waals surface area contributed by atoms with E-state index in [-0.39, 0.29) is 17.7 Å². The van der Waals surface area contributed by atoms with Gasteiger partial charge in [-0.1, -0.05) is 152 Å². The standard InChI is InChI=1S/C42H75NO3/c1-3-5-7-9-11-13-15-17-19-21-23-25-27-31-35-39(41(43)44)36-32-29-30-34-38-40(42(45)46)37-33-28-26-24-22-20-18-16-14-12-10-8-6-4-2/h11-14,17-20,39-40H,3-10,15-16,21-38H2,1-2H3,(H2,43,44)(H,45,46)/b13-11-,14-12-,19-17-,20-18-. The first-order valence-corrected chi connectivity index (χ1v) is 19.6. The van der Waals surface area contributed by atoms with Gasteiger partial charge < -0.3 is 10.8 Å². The molecule has 0 aromatic carbocycles. The van der Waals surface area contributed by atoms with Gasteiger partial charge in [-0.05, 0) is 89.9 Å². The second kappa shape index (κ2) is 35.7. The number of carboxylic acids is 1. The molecule has 0 rings (SSSR count). The Morgan fingerprint density at radius 1 is 0.457 bits per heavy atom. The van der Waals surface area contributed by atoms with Crippen molar-refractivity contribution in [1.29, 1.82) is 0 Å². The van der Waals surface area contributed by atoms with Crippen molar-refractivity contribution in [2.75, 3.05) is 0 Å². The van der Waals surface area contributed by atoms with Crippen molar-refractivity contribution < 1.29 is 14.7 Å². The summed E-state index contributed by atoms with van der Waals surface area (Å²) < 4.78 is 0. The number of nitrogens with two attached hydrogens (primary N) is 1. The van der Waals surface area contributed by atoms with E-state index >= 15 is 0 Å². The summed E-state index contributed by atoms with van der Waals surface area (Å²) in [7, 11) is 0. The number of hydrogen-bond acceptors (Lipinski definition) is 2. The Bertz CT molecular complexity index is 731. The highest BCUT2D eigenvalue weighted by Gasteiger charge is 2.17. The van der Waals surface area contributed by atoms with Crippen LogP contribution >= 0.6 is 0 Å². The SMILES string of the molecule is CCCCC/C=C\C/C=C\CCCCCCC(CCCCCCC(CCCCCC/C=C\C/C=C\CCCCC)C(=O)O)C(N)=O. The molecule has 0 fully saturated rings. The maximum absolute atomic E-state index is 12.0. The molecule has 0 aliphatic heterocycles. The number of carbonyl (C=O) groups excluding carboxylic acids is 1. The lowest BCUT2D eigenvalue weighted by Crippen LogP contribution is -2.23. The third-order valence-corrected chi connectivity index (χ3v) is 9.11. The number of amides is 1. The first kappa shape index (κ1) is 43.9. The zero-order valence-electron chi connectivity index (χ0n) is 30.4. The van der Waals surface area contributed by atoms with Crippen LogP contribution in [-0.2, 0) is 9.59 Å². The molecule has 0 bridgehead atoms. The number of carbonyl (C=O) groups is 2. The number of hydrogen-bond donors (Lipinski definition) is 2. The van der Waals surface area contributed by atoms with Gasteiger partial charge in [0.1, 0.15) is 0 Å². The lowest BCUT2D eigenvalue weighted by atomic mass is 9.92. The third-order valence-electron chi connectivity index (χ3n) is 9.11. The van der Waals surface area contributed by atoms with Gasteiger partial charge in [0.2, 0.25) is 5.91 Å². The molecular formula is C42H75NO3. The van der Waals surface area contributed by atoms with Crippen molar-refractivity contribution in [2.45, 2.75) is 194 Å². The molecule has 2 unspecified atom stereocenters. The van der Waals surface area contributed by atoms with E-state index in [9.17, 15) is 14.7 Å². The molecule has 0 aromatic heterocycles. The fourth-order valence-corrected chi connectivity index (χ4v) is 6.01. The molecule has 0 aliphatic rings. The molecule has 1 amide bonds. The van der Waals surface area contributed by atoms with Crippen LogP contribution in [0.2, 0.25) is 0 Å². The van der Waals surface area contributed by atoms with Crippen LogP contribution in [0.15, 0.2) is 48.6 Å². The highest BCUT2D eigenvalue weighted by Crippen LogP contribution is 2.22. The molecule has 0 aromatic rings. The van der Waals surface area contributed by atoms with Crippen molar-refractivity contribution in [3.05, 3.63) is 48.6 Å². The summed E-state index contributed by atoms with van der Waals surface area (Å²) in [4.78, 5) is 23.7. The molecule has 0 saturated carbocycles. The predicted molar refractivity (Wildman–Crippen MR) is 201 cm³/mol. The van der Waals surface area contributed by atoms with Gasteiger partial charge in [-0.3, -0.25) is 9.59 Å². The summed E-state index contributed by atoms with van der Waals surface area (Å²) >= 11 is 0. The fourth-order valence-electron chi connectivity index (χ4n) is 6.01. The summed E-state index contributed by atoms with van der Waals surface area (Å²) in [5.41, 5.74) is 5.71. The maximum Gasteiger partial charge on any atom is 0.306 e. The molecule has 0 aliphatic carbocycles.